The smallest absolute Gasteiger partial charge is 0.255 e. The summed E-state index contributed by atoms with van der Waals surface area (Å²) in [7, 11) is 0. The van der Waals surface area contributed by atoms with Crippen molar-refractivity contribution in [2.24, 2.45) is 5.73 Å². The lowest BCUT2D eigenvalue weighted by Crippen LogP contribution is -2.14. The number of carbonyl (C=O) groups excluding carboxylic acids is 1. The molecule has 21 heavy (non-hydrogen) atoms. The highest BCUT2D eigenvalue weighted by Gasteiger charge is 2.09. The zero-order chi connectivity index (χ0) is 15.2. The van der Waals surface area contributed by atoms with Crippen LogP contribution in [0.1, 0.15) is 28.4 Å². The largest absolute Gasteiger partial charge is 0.393 e. The summed E-state index contributed by atoms with van der Waals surface area (Å²) in [6.07, 6.45) is 1.40. The van der Waals surface area contributed by atoms with Crippen LogP contribution in [0.15, 0.2) is 48.5 Å². The van der Waals surface area contributed by atoms with Crippen LogP contribution in [-0.2, 0) is 12.8 Å². The molecule has 108 valence electrons. The van der Waals surface area contributed by atoms with E-state index < -0.39 is 0 Å². The molecule has 0 bridgehead atoms. The Hall–Kier alpha value is -2.20. The highest BCUT2D eigenvalue weighted by atomic mass is 32.1. The molecule has 3 nitrogen and oxygen atoms in total. The molecule has 2 aromatic carbocycles. The first-order chi connectivity index (χ1) is 10.1. The van der Waals surface area contributed by atoms with Crippen LogP contribution in [0.3, 0.4) is 0 Å². The van der Waals surface area contributed by atoms with E-state index in [0.29, 0.717) is 17.0 Å². The predicted octanol–water partition coefficient (Wildman–Crippen LogP) is 3.33. The van der Waals surface area contributed by atoms with Crippen molar-refractivity contribution in [1.29, 1.82) is 0 Å². The van der Waals surface area contributed by atoms with Crippen LogP contribution >= 0.6 is 12.2 Å². The molecule has 0 saturated carbocycles. The van der Waals surface area contributed by atoms with Gasteiger partial charge in [0.25, 0.3) is 5.91 Å². The Morgan fingerprint density at radius 1 is 1.14 bits per heavy atom. The van der Waals surface area contributed by atoms with Crippen molar-refractivity contribution in [2.45, 2.75) is 19.8 Å². The van der Waals surface area contributed by atoms with E-state index >= 15 is 0 Å². The van der Waals surface area contributed by atoms with Crippen LogP contribution in [0.5, 0.6) is 0 Å². The van der Waals surface area contributed by atoms with Gasteiger partial charge in [0.2, 0.25) is 0 Å². The zero-order valence-electron chi connectivity index (χ0n) is 11.9. The van der Waals surface area contributed by atoms with Crippen molar-refractivity contribution in [1.82, 2.24) is 0 Å². The van der Waals surface area contributed by atoms with Crippen molar-refractivity contribution in [2.75, 3.05) is 5.32 Å². The van der Waals surface area contributed by atoms with Gasteiger partial charge in [0.15, 0.2) is 0 Å². The minimum atomic E-state index is -0.0884. The second-order valence-electron chi connectivity index (χ2n) is 4.80. The van der Waals surface area contributed by atoms with Gasteiger partial charge in [-0.2, -0.15) is 0 Å². The number of rotatable bonds is 5. The van der Waals surface area contributed by atoms with Gasteiger partial charge in [-0.05, 0) is 35.7 Å². The number of amides is 1. The fraction of sp³-hybridized carbons (Fsp3) is 0.176. The number of nitrogens with two attached hydrogens (primary N) is 1. The highest BCUT2D eigenvalue weighted by Crippen LogP contribution is 2.14. The van der Waals surface area contributed by atoms with E-state index in [-0.39, 0.29) is 5.91 Å². The van der Waals surface area contributed by atoms with Gasteiger partial charge < -0.3 is 11.1 Å². The second kappa shape index (κ2) is 6.99. The zero-order valence-corrected chi connectivity index (χ0v) is 12.7. The Morgan fingerprint density at radius 2 is 1.81 bits per heavy atom. The molecule has 1 amide bonds. The van der Waals surface area contributed by atoms with Crippen LogP contribution in [0.2, 0.25) is 0 Å². The topological polar surface area (TPSA) is 55.1 Å². The molecule has 0 unspecified atom stereocenters. The van der Waals surface area contributed by atoms with Gasteiger partial charge in [-0.3, -0.25) is 4.79 Å². The summed E-state index contributed by atoms with van der Waals surface area (Å²) in [6.45, 7) is 2.04. The Morgan fingerprint density at radius 3 is 2.43 bits per heavy atom. The summed E-state index contributed by atoms with van der Waals surface area (Å²) in [5.74, 6) is -0.0884. The third kappa shape index (κ3) is 4.13. The third-order valence-electron chi connectivity index (χ3n) is 3.23. The molecule has 4 heteroatoms. The number of nitrogens with one attached hydrogen (secondary N) is 1. The van der Waals surface area contributed by atoms with E-state index in [2.05, 4.69) is 5.32 Å². The minimum absolute atomic E-state index is 0.0884. The Balaban J connectivity index is 2.10. The summed E-state index contributed by atoms with van der Waals surface area (Å²) in [5.41, 5.74) is 9.07. The maximum atomic E-state index is 12.3. The van der Waals surface area contributed by atoms with Crippen LogP contribution in [0, 0.1) is 0 Å². The summed E-state index contributed by atoms with van der Waals surface area (Å²) in [6, 6.07) is 15.2. The van der Waals surface area contributed by atoms with Gasteiger partial charge in [0.1, 0.15) is 0 Å². The monoisotopic (exact) mass is 298 g/mol. The summed E-state index contributed by atoms with van der Waals surface area (Å²) < 4.78 is 0. The third-order valence-corrected chi connectivity index (χ3v) is 3.38. The van der Waals surface area contributed by atoms with Gasteiger partial charge in [0.05, 0.1) is 4.99 Å². The molecule has 0 fully saturated rings. The Labute approximate surface area is 130 Å². The normalized spacial score (nSPS) is 10.1. The van der Waals surface area contributed by atoms with E-state index in [1.54, 1.807) is 0 Å². The van der Waals surface area contributed by atoms with Gasteiger partial charge in [-0.25, -0.2) is 0 Å². The van der Waals surface area contributed by atoms with Gasteiger partial charge >= 0.3 is 0 Å². The maximum absolute atomic E-state index is 12.3. The van der Waals surface area contributed by atoms with Crippen LogP contribution in [-0.4, -0.2) is 10.9 Å². The number of aryl methyl sites for hydroxylation is 1. The fourth-order valence-electron chi connectivity index (χ4n) is 2.16. The molecular weight excluding hydrogens is 280 g/mol. The molecule has 0 aliphatic rings. The standard InChI is InChI=1S/C17H18N2OS/c1-2-13-5-3-4-6-15(13)17(20)19-14-9-7-12(8-10-14)11-16(18)21/h3-10H,2,11H2,1H3,(H2,18,21)(H,19,20). The molecule has 0 aliphatic heterocycles. The number of carbonyl (C=O) groups is 1. The SMILES string of the molecule is CCc1ccccc1C(=O)Nc1ccc(CC(N)=S)cc1. The van der Waals surface area contributed by atoms with E-state index in [1.807, 2.05) is 55.5 Å². The van der Waals surface area contributed by atoms with Crippen molar-refractivity contribution < 1.29 is 4.79 Å². The summed E-state index contributed by atoms with van der Waals surface area (Å²) in [4.78, 5) is 12.8. The predicted molar refractivity (Wildman–Crippen MR) is 90.7 cm³/mol. The summed E-state index contributed by atoms with van der Waals surface area (Å²) in [5, 5.41) is 2.91. The molecule has 0 spiro atoms. The molecule has 0 atom stereocenters. The van der Waals surface area contributed by atoms with E-state index in [4.69, 9.17) is 18.0 Å². The fourth-order valence-corrected chi connectivity index (χ4v) is 2.32. The number of benzene rings is 2. The summed E-state index contributed by atoms with van der Waals surface area (Å²) >= 11 is 4.88. The van der Waals surface area contributed by atoms with Crippen LogP contribution in [0.4, 0.5) is 5.69 Å². The molecule has 2 rings (SSSR count). The molecule has 3 N–H and O–H groups in total. The quantitative estimate of drug-likeness (QED) is 0.833. The van der Waals surface area contributed by atoms with E-state index in [1.165, 1.54) is 0 Å². The average molecular weight is 298 g/mol. The van der Waals surface area contributed by atoms with E-state index in [9.17, 15) is 4.79 Å². The van der Waals surface area contributed by atoms with Gasteiger partial charge in [0, 0.05) is 17.7 Å². The molecule has 0 saturated heterocycles. The maximum Gasteiger partial charge on any atom is 0.255 e. The molecule has 0 heterocycles. The number of hydrogen-bond acceptors (Lipinski definition) is 2. The second-order valence-corrected chi connectivity index (χ2v) is 5.33. The van der Waals surface area contributed by atoms with Crippen molar-refractivity contribution in [3.8, 4) is 0 Å². The number of anilines is 1. The lowest BCUT2D eigenvalue weighted by molar-refractivity contribution is 0.102. The Kier molecular flexibility index (Phi) is 5.06. The molecule has 0 radical (unpaired) electrons. The first-order valence-electron chi connectivity index (χ1n) is 6.86. The first-order valence-corrected chi connectivity index (χ1v) is 7.27. The molecule has 0 aliphatic carbocycles. The number of hydrogen-bond donors (Lipinski definition) is 2. The number of thiocarbonyl (C=S) groups is 1. The van der Waals surface area contributed by atoms with Crippen molar-refractivity contribution in [3.05, 3.63) is 65.2 Å². The molecular formula is C17H18N2OS. The molecule has 2 aromatic rings. The van der Waals surface area contributed by atoms with Crippen molar-refractivity contribution >= 4 is 28.8 Å². The van der Waals surface area contributed by atoms with Gasteiger partial charge in [-0.15, -0.1) is 0 Å². The van der Waals surface area contributed by atoms with E-state index in [0.717, 1.165) is 23.2 Å². The lowest BCUT2D eigenvalue weighted by atomic mass is 10.0. The minimum Gasteiger partial charge on any atom is -0.393 e. The van der Waals surface area contributed by atoms with Crippen LogP contribution in [0.25, 0.3) is 0 Å². The first kappa shape index (κ1) is 15.2. The molecule has 0 aromatic heterocycles. The lowest BCUT2D eigenvalue weighted by Gasteiger charge is -2.09. The van der Waals surface area contributed by atoms with Crippen LogP contribution < -0.4 is 11.1 Å². The Bertz CT molecular complexity index is 650. The van der Waals surface area contributed by atoms with Crippen molar-refractivity contribution in [3.63, 3.8) is 0 Å². The van der Waals surface area contributed by atoms with Gasteiger partial charge in [-0.1, -0.05) is 49.5 Å². The highest BCUT2D eigenvalue weighted by molar-refractivity contribution is 7.80. The average Bonchev–Trinajstić information content (AvgIpc) is 2.48.